The van der Waals surface area contributed by atoms with Crippen LogP contribution in [0.3, 0.4) is 0 Å². The standard InChI is InChI=1S/C20H20BrN3O/c1-4-14-5-7-15(8-6-14)13(3)23-24-20(25)19-12(2)17-11-16(21)9-10-18(17)22-19/h5-11,22-23H,3-4H2,1-2H3,(H,24,25). The van der Waals surface area contributed by atoms with Crippen LogP contribution in [0.25, 0.3) is 16.6 Å². The third kappa shape index (κ3) is 3.61. The van der Waals surface area contributed by atoms with Crippen molar-refractivity contribution in [1.29, 1.82) is 0 Å². The second-order valence-electron chi connectivity index (χ2n) is 5.92. The second kappa shape index (κ2) is 7.15. The maximum absolute atomic E-state index is 12.5. The number of fused-ring (bicyclic) bond motifs is 1. The summed E-state index contributed by atoms with van der Waals surface area (Å²) >= 11 is 3.46. The molecule has 0 saturated heterocycles. The normalized spacial score (nSPS) is 10.7. The molecule has 0 aliphatic heterocycles. The fourth-order valence-corrected chi connectivity index (χ4v) is 3.10. The van der Waals surface area contributed by atoms with Gasteiger partial charge in [0.25, 0.3) is 5.91 Å². The molecule has 0 saturated carbocycles. The van der Waals surface area contributed by atoms with Crippen LogP contribution in [-0.2, 0) is 6.42 Å². The van der Waals surface area contributed by atoms with E-state index in [0.29, 0.717) is 11.4 Å². The summed E-state index contributed by atoms with van der Waals surface area (Å²) in [6, 6.07) is 14.0. The van der Waals surface area contributed by atoms with E-state index in [2.05, 4.69) is 57.4 Å². The molecule has 0 bridgehead atoms. The molecule has 1 amide bonds. The van der Waals surface area contributed by atoms with Crippen LogP contribution in [0.15, 0.2) is 53.5 Å². The van der Waals surface area contributed by atoms with E-state index in [4.69, 9.17) is 0 Å². The Hall–Kier alpha value is -2.53. The van der Waals surface area contributed by atoms with Gasteiger partial charge >= 0.3 is 0 Å². The maximum atomic E-state index is 12.5. The summed E-state index contributed by atoms with van der Waals surface area (Å²) in [6.45, 7) is 8.02. The molecule has 1 heterocycles. The highest BCUT2D eigenvalue weighted by Gasteiger charge is 2.15. The summed E-state index contributed by atoms with van der Waals surface area (Å²) in [5, 5.41) is 1.02. The van der Waals surface area contributed by atoms with Crippen LogP contribution < -0.4 is 10.9 Å². The summed E-state index contributed by atoms with van der Waals surface area (Å²) in [4.78, 5) is 15.7. The summed E-state index contributed by atoms with van der Waals surface area (Å²) in [5.74, 6) is -0.226. The largest absolute Gasteiger partial charge is 0.350 e. The number of aromatic amines is 1. The number of aromatic nitrogens is 1. The fourth-order valence-electron chi connectivity index (χ4n) is 2.73. The molecule has 0 atom stereocenters. The lowest BCUT2D eigenvalue weighted by Crippen LogP contribution is -2.36. The molecule has 0 unspecified atom stereocenters. The number of hydrazine groups is 1. The third-order valence-corrected chi connectivity index (χ3v) is 4.78. The SMILES string of the molecule is C=C(NNC(=O)c1[nH]c2ccc(Br)cc2c1C)c1ccc(CC)cc1. The number of H-pyrrole nitrogens is 1. The molecular formula is C20H20BrN3O. The summed E-state index contributed by atoms with van der Waals surface area (Å²) < 4.78 is 0.982. The van der Waals surface area contributed by atoms with Crippen molar-refractivity contribution in [3.8, 4) is 0 Å². The van der Waals surface area contributed by atoms with Crippen molar-refractivity contribution in [3.05, 3.63) is 75.9 Å². The van der Waals surface area contributed by atoms with Gasteiger partial charge in [-0.25, -0.2) is 0 Å². The highest BCUT2D eigenvalue weighted by Crippen LogP contribution is 2.25. The molecule has 3 N–H and O–H groups in total. The van der Waals surface area contributed by atoms with Crippen LogP contribution in [-0.4, -0.2) is 10.9 Å². The van der Waals surface area contributed by atoms with E-state index < -0.39 is 0 Å². The third-order valence-electron chi connectivity index (χ3n) is 4.28. The van der Waals surface area contributed by atoms with Crippen molar-refractivity contribution in [2.24, 2.45) is 0 Å². The molecule has 0 aliphatic carbocycles. The van der Waals surface area contributed by atoms with Crippen molar-refractivity contribution >= 4 is 38.4 Å². The van der Waals surface area contributed by atoms with Crippen LogP contribution in [0.4, 0.5) is 0 Å². The lowest BCUT2D eigenvalue weighted by molar-refractivity contribution is 0.0937. The molecular weight excluding hydrogens is 378 g/mol. The van der Waals surface area contributed by atoms with Crippen molar-refractivity contribution < 1.29 is 4.79 Å². The van der Waals surface area contributed by atoms with Crippen molar-refractivity contribution in [2.75, 3.05) is 0 Å². The lowest BCUT2D eigenvalue weighted by atomic mass is 10.1. The predicted octanol–water partition coefficient (Wildman–Crippen LogP) is 4.71. The highest BCUT2D eigenvalue weighted by molar-refractivity contribution is 9.10. The smallest absolute Gasteiger partial charge is 0.286 e. The van der Waals surface area contributed by atoms with Crippen LogP contribution in [0, 0.1) is 6.92 Å². The Kier molecular flexibility index (Phi) is 4.95. The first-order valence-corrected chi connectivity index (χ1v) is 8.91. The molecule has 25 heavy (non-hydrogen) atoms. The number of aryl methyl sites for hydroxylation is 2. The van der Waals surface area contributed by atoms with Gasteiger partial charge in [0.2, 0.25) is 0 Å². The number of rotatable bonds is 5. The number of halogens is 1. The van der Waals surface area contributed by atoms with E-state index in [1.165, 1.54) is 5.56 Å². The van der Waals surface area contributed by atoms with E-state index in [-0.39, 0.29) is 5.91 Å². The number of hydrogen-bond acceptors (Lipinski definition) is 2. The predicted molar refractivity (Wildman–Crippen MR) is 106 cm³/mol. The number of carbonyl (C=O) groups is 1. The molecule has 0 radical (unpaired) electrons. The highest BCUT2D eigenvalue weighted by atomic mass is 79.9. The van der Waals surface area contributed by atoms with Crippen LogP contribution in [0.5, 0.6) is 0 Å². The minimum absolute atomic E-state index is 0.226. The zero-order valence-corrected chi connectivity index (χ0v) is 15.8. The molecule has 3 aromatic rings. The Bertz CT molecular complexity index is 941. The first kappa shape index (κ1) is 17.3. The molecule has 0 fully saturated rings. The average molecular weight is 398 g/mol. The van der Waals surface area contributed by atoms with Gasteiger partial charge < -0.3 is 4.98 Å². The Balaban J connectivity index is 1.71. The maximum Gasteiger partial charge on any atom is 0.286 e. The first-order valence-electron chi connectivity index (χ1n) is 8.12. The Morgan fingerprint density at radius 3 is 2.56 bits per heavy atom. The molecule has 5 heteroatoms. The molecule has 3 rings (SSSR count). The molecule has 4 nitrogen and oxygen atoms in total. The van der Waals surface area contributed by atoms with Gasteiger partial charge in [-0.1, -0.05) is 53.7 Å². The van der Waals surface area contributed by atoms with E-state index in [9.17, 15) is 4.79 Å². The van der Waals surface area contributed by atoms with E-state index in [0.717, 1.165) is 32.9 Å². The Morgan fingerprint density at radius 1 is 1.16 bits per heavy atom. The second-order valence-corrected chi connectivity index (χ2v) is 6.84. The van der Waals surface area contributed by atoms with Gasteiger partial charge in [0.1, 0.15) is 5.69 Å². The van der Waals surface area contributed by atoms with E-state index >= 15 is 0 Å². The molecule has 2 aromatic carbocycles. The van der Waals surface area contributed by atoms with Gasteiger partial charge in [-0.3, -0.25) is 15.6 Å². The summed E-state index contributed by atoms with van der Waals surface area (Å²) in [7, 11) is 0. The van der Waals surface area contributed by atoms with Gasteiger partial charge in [0.15, 0.2) is 0 Å². The fraction of sp³-hybridized carbons (Fsp3) is 0.150. The van der Waals surface area contributed by atoms with Crippen LogP contribution >= 0.6 is 15.9 Å². The zero-order valence-electron chi connectivity index (χ0n) is 14.2. The minimum atomic E-state index is -0.226. The summed E-state index contributed by atoms with van der Waals surface area (Å²) in [6.07, 6.45) is 0.993. The minimum Gasteiger partial charge on any atom is -0.350 e. The van der Waals surface area contributed by atoms with Gasteiger partial charge in [-0.15, -0.1) is 0 Å². The number of carbonyl (C=O) groups excluding carboxylic acids is 1. The quantitative estimate of drug-likeness (QED) is 0.546. The van der Waals surface area contributed by atoms with Crippen molar-refractivity contribution in [3.63, 3.8) is 0 Å². The molecule has 128 valence electrons. The summed E-state index contributed by atoms with van der Waals surface area (Å²) in [5.41, 5.74) is 10.8. The van der Waals surface area contributed by atoms with Gasteiger partial charge in [-0.05, 0) is 48.2 Å². The number of nitrogens with one attached hydrogen (secondary N) is 3. The molecule has 0 aliphatic rings. The molecule has 1 aromatic heterocycles. The van der Waals surface area contributed by atoms with E-state index in [1.54, 1.807) is 0 Å². The molecule has 0 spiro atoms. The lowest BCUT2D eigenvalue weighted by Gasteiger charge is -2.11. The monoisotopic (exact) mass is 397 g/mol. The Morgan fingerprint density at radius 2 is 1.88 bits per heavy atom. The van der Waals surface area contributed by atoms with Crippen molar-refractivity contribution in [2.45, 2.75) is 20.3 Å². The van der Waals surface area contributed by atoms with E-state index in [1.807, 2.05) is 37.3 Å². The van der Waals surface area contributed by atoms with Crippen LogP contribution in [0.2, 0.25) is 0 Å². The number of hydrogen-bond donors (Lipinski definition) is 3. The zero-order chi connectivity index (χ0) is 18.0. The Labute approximate surface area is 155 Å². The first-order chi connectivity index (χ1) is 12.0. The van der Waals surface area contributed by atoms with Crippen molar-refractivity contribution in [1.82, 2.24) is 15.8 Å². The number of benzene rings is 2. The number of amides is 1. The van der Waals surface area contributed by atoms with Crippen LogP contribution in [0.1, 0.15) is 34.1 Å². The van der Waals surface area contributed by atoms with Gasteiger partial charge in [-0.2, -0.15) is 0 Å². The average Bonchev–Trinajstić information content (AvgIpc) is 2.96. The van der Waals surface area contributed by atoms with Gasteiger partial charge in [0, 0.05) is 15.4 Å². The topological polar surface area (TPSA) is 56.9 Å². The van der Waals surface area contributed by atoms with Gasteiger partial charge in [0.05, 0.1) is 5.70 Å².